The number of likely N-dealkylation sites (tertiary alicyclic amines) is 1. The van der Waals surface area contributed by atoms with Crippen molar-refractivity contribution < 1.29 is 33.4 Å². The molecule has 1 atom stereocenters. The van der Waals surface area contributed by atoms with E-state index in [1.807, 2.05) is 0 Å². The number of nitrogens with zero attached hydrogens (tertiary/aromatic N) is 1. The number of piperidine rings is 1. The van der Waals surface area contributed by atoms with Crippen molar-refractivity contribution in [3.8, 4) is 0 Å². The Bertz CT molecular complexity index is 570. The lowest BCUT2D eigenvalue weighted by atomic mass is 9.86. The maximum atomic E-state index is 12.7. The van der Waals surface area contributed by atoms with Crippen LogP contribution in [0.15, 0.2) is 0 Å². The van der Waals surface area contributed by atoms with Gasteiger partial charge in [-0.3, -0.25) is 14.4 Å². The lowest BCUT2D eigenvalue weighted by molar-refractivity contribution is -0.238. The first-order valence-corrected chi connectivity index (χ1v) is 8.37. The number of carbonyl (C=O) groups is 4. The molecule has 2 rings (SSSR count). The van der Waals surface area contributed by atoms with E-state index in [2.05, 4.69) is 0 Å². The standard InChI is InChI=1S/C17H25NO7/c1-16(2,3)25-15(22)18-8-6-7-10(9-18)12(19)11-13(20)23-17(4,5)24-14(11)21/h10-11H,6-9H2,1-5H3. The molecule has 2 aliphatic heterocycles. The van der Waals surface area contributed by atoms with E-state index in [-0.39, 0.29) is 6.54 Å². The minimum absolute atomic E-state index is 0.105. The highest BCUT2D eigenvalue weighted by Gasteiger charge is 2.49. The van der Waals surface area contributed by atoms with E-state index in [4.69, 9.17) is 14.2 Å². The summed E-state index contributed by atoms with van der Waals surface area (Å²) < 4.78 is 15.3. The van der Waals surface area contributed by atoms with Crippen LogP contribution in [0, 0.1) is 11.8 Å². The van der Waals surface area contributed by atoms with Gasteiger partial charge in [0.2, 0.25) is 5.92 Å². The van der Waals surface area contributed by atoms with Crippen molar-refractivity contribution in [2.75, 3.05) is 13.1 Å². The summed E-state index contributed by atoms with van der Waals surface area (Å²) in [5.41, 5.74) is -0.642. The second-order valence-corrected chi connectivity index (χ2v) is 7.84. The lowest BCUT2D eigenvalue weighted by Gasteiger charge is -2.36. The monoisotopic (exact) mass is 355 g/mol. The highest BCUT2D eigenvalue weighted by molar-refractivity contribution is 6.16. The fourth-order valence-corrected chi connectivity index (χ4v) is 2.89. The summed E-state index contributed by atoms with van der Waals surface area (Å²) in [5.74, 6) is -5.97. The van der Waals surface area contributed by atoms with Crippen LogP contribution >= 0.6 is 0 Å². The molecule has 0 bridgehead atoms. The maximum absolute atomic E-state index is 12.7. The number of Topliss-reactive ketones (excluding diaryl/α,β-unsaturated/α-hetero) is 1. The molecular weight excluding hydrogens is 330 g/mol. The summed E-state index contributed by atoms with van der Waals surface area (Å²) in [6.45, 7) is 8.69. The number of esters is 2. The van der Waals surface area contributed by atoms with Crippen molar-refractivity contribution in [2.45, 2.75) is 58.8 Å². The smallest absolute Gasteiger partial charge is 0.410 e. The van der Waals surface area contributed by atoms with E-state index >= 15 is 0 Å². The van der Waals surface area contributed by atoms with Crippen LogP contribution in [0.5, 0.6) is 0 Å². The molecule has 8 heteroatoms. The molecule has 0 aromatic carbocycles. The highest BCUT2D eigenvalue weighted by atomic mass is 16.7. The van der Waals surface area contributed by atoms with Crippen LogP contribution < -0.4 is 0 Å². The molecule has 8 nitrogen and oxygen atoms in total. The van der Waals surface area contributed by atoms with Gasteiger partial charge in [0.1, 0.15) is 5.60 Å². The van der Waals surface area contributed by atoms with E-state index in [0.717, 1.165) is 0 Å². The number of ether oxygens (including phenoxy) is 3. The Labute approximate surface area is 146 Å². The number of ketones is 1. The number of cyclic esters (lactones) is 2. The molecule has 0 N–H and O–H groups in total. The Balaban J connectivity index is 2.06. The van der Waals surface area contributed by atoms with Crippen molar-refractivity contribution in [3.63, 3.8) is 0 Å². The second kappa shape index (κ2) is 6.65. The largest absolute Gasteiger partial charge is 0.444 e. The molecule has 2 fully saturated rings. The zero-order valence-corrected chi connectivity index (χ0v) is 15.3. The number of amides is 1. The molecular formula is C17H25NO7. The minimum Gasteiger partial charge on any atom is -0.444 e. The number of rotatable bonds is 2. The average Bonchev–Trinajstić information content (AvgIpc) is 2.43. The first-order valence-electron chi connectivity index (χ1n) is 8.37. The van der Waals surface area contributed by atoms with Crippen LogP contribution in [0.2, 0.25) is 0 Å². The Morgan fingerprint density at radius 2 is 1.72 bits per heavy atom. The van der Waals surface area contributed by atoms with Crippen molar-refractivity contribution >= 4 is 23.8 Å². The molecule has 0 aromatic rings. The number of hydrogen-bond acceptors (Lipinski definition) is 7. The van der Waals surface area contributed by atoms with Gasteiger partial charge in [-0.2, -0.15) is 0 Å². The summed E-state index contributed by atoms with van der Waals surface area (Å²) >= 11 is 0. The molecule has 0 aromatic heterocycles. The van der Waals surface area contributed by atoms with Crippen LogP contribution in [0.4, 0.5) is 4.79 Å². The average molecular weight is 355 g/mol. The van der Waals surface area contributed by atoms with E-state index < -0.39 is 47.0 Å². The first-order chi connectivity index (χ1) is 11.4. The van der Waals surface area contributed by atoms with Gasteiger partial charge in [0.15, 0.2) is 5.78 Å². The fourth-order valence-electron chi connectivity index (χ4n) is 2.89. The molecule has 0 radical (unpaired) electrons. The molecule has 0 spiro atoms. The molecule has 25 heavy (non-hydrogen) atoms. The SMILES string of the molecule is CC(C)(C)OC(=O)N1CCCC(C(=O)C2C(=O)OC(C)(C)OC2=O)C1. The quantitative estimate of drug-likeness (QED) is 0.548. The predicted octanol–water partition coefficient (Wildman–Crippen LogP) is 1.65. The molecule has 1 amide bonds. The van der Waals surface area contributed by atoms with Crippen molar-refractivity contribution in [1.29, 1.82) is 0 Å². The number of carbonyl (C=O) groups excluding carboxylic acids is 4. The van der Waals surface area contributed by atoms with Gasteiger partial charge < -0.3 is 19.1 Å². The Hall–Kier alpha value is -2.12. The maximum Gasteiger partial charge on any atom is 0.410 e. The Kier molecular flexibility index (Phi) is 5.11. The van der Waals surface area contributed by atoms with E-state index in [1.54, 1.807) is 20.8 Å². The van der Waals surface area contributed by atoms with Gasteiger partial charge in [-0.15, -0.1) is 0 Å². The van der Waals surface area contributed by atoms with Gasteiger partial charge in [-0.1, -0.05) is 0 Å². The summed E-state index contributed by atoms with van der Waals surface area (Å²) in [6, 6.07) is 0. The molecule has 2 saturated heterocycles. The van der Waals surface area contributed by atoms with Gasteiger partial charge in [0, 0.05) is 32.9 Å². The van der Waals surface area contributed by atoms with Crippen molar-refractivity contribution in [1.82, 2.24) is 4.90 Å². The molecule has 0 aliphatic carbocycles. The summed E-state index contributed by atoms with van der Waals surface area (Å²) in [4.78, 5) is 50.4. The molecule has 2 aliphatic rings. The van der Waals surface area contributed by atoms with Crippen LogP contribution in [0.3, 0.4) is 0 Å². The third-order valence-corrected chi connectivity index (χ3v) is 3.92. The van der Waals surface area contributed by atoms with Gasteiger partial charge in [0.05, 0.1) is 0 Å². The predicted molar refractivity (Wildman–Crippen MR) is 85.3 cm³/mol. The van der Waals surface area contributed by atoms with Gasteiger partial charge >= 0.3 is 18.0 Å². The normalized spacial score (nSPS) is 24.4. The van der Waals surface area contributed by atoms with Crippen LogP contribution in [0.25, 0.3) is 0 Å². The molecule has 0 saturated carbocycles. The summed E-state index contributed by atoms with van der Waals surface area (Å²) in [6.07, 6.45) is 0.552. The van der Waals surface area contributed by atoms with Crippen molar-refractivity contribution in [2.24, 2.45) is 11.8 Å². The van der Waals surface area contributed by atoms with Gasteiger partial charge in [-0.25, -0.2) is 4.79 Å². The Morgan fingerprint density at radius 3 is 2.24 bits per heavy atom. The highest BCUT2D eigenvalue weighted by Crippen LogP contribution is 2.28. The third kappa shape index (κ3) is 4.70. The Morgan fingerprint density at radius 1 is 1.16 bits per heavy atom. The van der Waals surface area contributed by atoms with E-state index in [1.165, 1.54) is 18.7 Å². The summed E-state index contributed by atoms with van der Waals surface area (Å²) in [7, 11) is 0. The topological polar surface area (TPSA) is 99.2 Å². The molecule has 2 heterocycles. The third-order valence-electron chi connectivity index (χ3n) is 3.92. The van der Waals surface area contributed by atoms with Gasteiger partial charge in [0.25, 0.3) is 5.79 Å². The molecule has 1 unspecified atom stereocenters. The zero-order chi connectivity index (χ0) is 19.0. The van der Waals surface area contributed by atoms with Crippen molar-refractivity contribution in [3.05, 3.63) is 0 Å². The lowest BCUT2D eigenvalue weighted by Crippen LogP contribution is -2.52. The van der Waals surface area contributed by atoms with Crippen LogP contribution in [-0.4, -0.2) is 53.2 Å². The van der Waals surface area contributed by atoms with E-state index in [9.17, 15) is 19.2 Å². The second-order valence-electron chi connectivity index (χ2n) is 7.84. The minimum atomic E-state index is -1.59. The zero-order valence-electron chi connectivity index (χ0n) is 15.3. The van der Waals surface area contributed by atoms with Crippen LogP contribution in [-0.2, 0) is 28.6 Å². The van der Waals surface area contributed by atoms with Crippen LogP contribution in [0.1, 0.15) is 47.5 Å². The summed E-state index contributed by atoms with van der Waals surface area (Å²) in [5, 5.41) is 0. The first kappa shape index (κ1) is 19.2. The number of hydrogen-bond donors (Lipinski definition) is 0. The van der Waals surface area contributed by atoms with Gasteiger partial charge in [-0.05, 0) is 33.6 Å². The molecule has 140 valence electrons. The fraction of sp³-hybridized carbons (Fsp3) is 0.765. The van der Waals surface area contributed by atoms with E-state index in [0.29, 0.717) is 19.4 Å².